The summed E-state index contributed by atoms with van der Waals surface area (Å²) in [4.78, 5) is 0.409. The second-order valence-corrected chi connectivity index (χ2v) is 6.85. The normalized spacial score (nSPS) is 13.0. The zero-order chi connectivity index (χ0) is 15.5. The van der Waals surface area contributed by atoms with Gasteiger partial charge in [0.25, 0.3) is 0 Å². The van der Waals surface area contributed by atoms with Crippen LogP contribution in [0.15, 0.2) is 52.0 Å². The van der Waals surface area contributed by atoms with Crippen molar-refractivity contribution >= 4 is 27.2 Å². The number of hydrogen-bond acceptors (Lipinski definition) is 4. The van der Waals surface area contributed by atoms with E-state index in [0.717, 1.165) is 5.76 Å². The lowest BCUT2D eigenvalue weighted by Crippen LogP contribution is -2.34. The maximum absolute atomic E-state index is 12.2. The van der Waals surface area contributed by atoms with E-state index in [0.29, 0.717) is 12.0 Å². The summed E-state index contributed by atoms with van der Waals surface area (Å²) >= 11 is 4.84. The topological polar surface area (TPSA) is 85.3 Å². The molecule has 0 saturated heterocycles. The van der Waals surface area contributed by atoms with E-state index in [4.69, 9.17) is 22.4 Å². The lowest BCUT2D eigenvalue weighted by atomic mass is 10.2. The van der Waals surface area contributed by atoms with Crippen LogP contribution in [0.3, 0.4) is 0 Å². The second-order valence-electron chi connectivity index (χ2n) is 4.69. The average molecular weight is 324 g/mol. The molecule has 0 aliphatic heterocycles. The summed E-state index contributed by atoms with van der Waals surface area (Å²) < 4.78 is 32.3. The number of thiocarbonyl (C=S) groups is 1. The number of nitrogens with one attached hydrogen (secondary N) is 1. The van der Waals surface area contributed by atoms with Crippen LogP contribution in [-0.4, -0.2) is 19.4 Å². The summed E-state index contributed by atoms with van der Waals surface area (Å²) in [6, 6.07) is 9.44. The monoisotopic (exact) mass is 324 g/mol. The third-order valence-electron chi connectivity index (χ3n) is 2.89. The predicted molar refractivity (Wildman–Crippen MR) is 84.5 cm³/mol. The molecule has 21 heavy (non-hydrogen) atoms. The van der Waals surface area contributed by atoms with E-state index < -0.39 is 10.0 Å². The Morgan fingerprint density at radius 3 is 2.52 bits per heavy atom. The van der Waals surface area contributed by atoms with Gasteiger partial charge in [0.15, 0.2) is 0 Å². The summed E-state index contributed by atoms with van der Waals surface area (Å²) in [5.41, 5.74) is 6.12. The van der Waals surface area contributed by atoms with Gasteiger partial charge in [-0.15, -0.1) is 0 Å². The van der Waals surface area contributed by atoms with Gasteiger partial charge in [-0.05, 0) is 31.2 Å². The zero-order valence-electron chi connectivity index (χ0n) is 11.4. The van der Waals surface area contributed by atoms with Gasteiger partial charge in [0.2, 0.25) is 10.0 Å². The molecule has 0 amide bonds. The number of furan rings is 1. The average Bonchev–Trinajstić information content (AvgIpc) is 2.90. The number of hydrogen-bond donors (Lipinski definition) is 2. The molecular formula is C14H16N2O3S2. The fourth-order valence-corrected chi connectivity index (χ4v) is 3.28. The predicted octanol–water partition coefficient (Wildman–Crippen LogP) is 1.82. The number of benzene rings is 1. The minimum atomic E-state index is -3.58. The molecule has 0 fully saturated rings. The van der Waals surface area contributed by atoms with Gasteiger partial charge < -0.3 is 10.2 Å². The molecule has 3 N–H and O–H groups in total. The van der Waals surface area contributed by atoms with Gasteiger partial charge in [0, 0.05) is 18.0 Å². The summed E-state index contributed by atoms with van der Waals surface area (Å²) in [5.74, 6) is 0.731. The van der Waals surface area contributed by atoms with E-state index in [1.165, 1.54) is 12.1 Å². The molecule has 5 nitrogen and oxygen atoms in total. The van der Waals surface area contributed by atoms with E-state index >= 15 is 0 Å². The van der Waals surface area contributed by atoms with Crippen LogP contribution < -0.4 is 10.5 Å². The first-order valence-corrected chi connectivity index (χ1v) is 8.22. The lowest BCUT2D eigenvalue weighted by molar-refractivity contribution is 0.479. The smallest absolute Gasteiger partial charge is 0.240 e. The van der Waals surface area contributed by atoms with Crippen molar-refractivity contribution < 1.29 is 12.8 Å². The Balaban J connectivity index is 2.08. The highest BCUT2D eigenvalue weighted by molar-refractivity contribution is 7.89. The first kappa shape index (κ1) is 15.7. The molecule has 0 spiro atoms. The maximum Gasteiger partial charge on any atom is 0.240 e. The fraction of sp³-hybridized carbons (Fsp3) is 0.214. The molecule has 0 saturated carbocycles. The third kappa shape index (κ3) is 4.13. The van der Waals surface area contributed by atoms with Crippen LogP contribution in [0, 0.1) is 0 Å². The first-order chi connectivity index (χ1) is 9.88. The van der Waals surface area contributed by atoms with Crippen molar-refractivity contribution in [3.05, 3.63) is 54.0 Å². The summed E-state index contributed by atoms with van der Waals surface area (Å²) in [6.07, 6.45) is 2.04. The number of rotatable bonds is 6. The SMILES string of the molecule is CC(Cc1ccco1)NS(=O)(=O)c1ccc(C(N)=S)cc1. The van der Waals surface area contributed by atoms with Crippen LogP contribution >= 0.6 is 12.2 Å². The Morgan fingerprint density at radius 2 is 2.00 bits per heavy atom. The summed E-state index contributed by atoms with van der Waals surface area (Å²) in [5, 5.41) is 0. The van der Waals surface area contributed by atoms with Crippen LogP contribution in [0.25, 0.3) is 0 Å². The molecule has 0 bridgehead atoms. The molecular weight excluding hydrogens is 308 g/mol. The number of sulfonamides is 1. The van der Waals surface area contributed by atoms with E-state index in [1.807, 2.05) is 6.07 Å². The van der Waals surface area contributed by atoms with E-state index in [2.05, 4.69) is 4.72 Å². The zero-order valence-corrected chi connectivity index (χ0v) is 13.1. The Labute approximate surface area is 129 Å². The van der Waals surface area contributed by atoms with Crippen molar-refractivity contribution in [3.63, 3.8) is 0 Å². The third-order valence-corrected chi connectivity index (χ3v) is 4.73. The van der Waals surface area contributed by atoms with Crippen LogP contribution in [0.4, 0.5) is 0 Å². The van der Waals surface area contributed by atoms with Gasteiger partial charge in [-0.2, -0.15) is 0 Å². The van der Waals surface area contributed by atoms with Crippen LogP contribution in [0.2, 0.25) is 0 Å². The lowest BCUT2D eigenvalue weighted by Gasteiger charge is -2.13. The van der Waals surface area contributed by atoms with Crippen molar-refractivity contribution in [2.45, 2.75) is 24.3 Å². The molecule has 1 atom stereocenters. The van der Waals surface area contributed by atoms with Gasteiger partial charge in [-0.1, -0.05) is 24.4 Å². The van der Waals surface area contributed by atoms with Crippen LogP contribution in [-0.2, 0) is 16.4 Å². The Hall–Kier alpha value is -1.70. The molecule has 112 valence electrons. The molecule has 1 heterocycles. The minimum absolute atomic E-state index is 0.175. The molecule has 2 rings (SSSR count). The van der Waals surface area contributed by atoms with E-state index in [9.17, 15) is 8.42 Å². The quantitative estimate of drug-likeness (QED) is 0.792. The van der Waals surface area contributed by atoms with Crippen molar-refractivity contribution in [1.29, 1.82) is 0 Å². The van der Waals surface area contributed by atoms with Crippen molar-refractivity contribution in [2.24, 2.45) is 5.73 Å². The maximum atomic E-state index is 12.2. The largest absolute Gasteiger partial charge is 0.469 e. The molecule has 0 aliphatic rings. The molecule has 0 aliphatic carbocycles. The minimum Gasteiger partial charge on any atom is -0.469 e. The Morgan fingerprint density at radius 1 is 1.33 bits per heavy atom. The van der Waals surface area contributed by atoms with Crippen LogP contribution in [0.1, 0.15) is 18.2 Å². The molecule has 1 unspecified atom stereocenters. The van der Waals surface area contributed by atoms with Gasteiger partial charge >= 0.3 is 0 Å². The molecule has 1 aromatic carbocycles. The highest BCUT2D eigenvalue weighted by Crippen LogP contribution is 2.12. The molecule has 7 heteroatoms. The molecule has 2 aromatic rings. The highest BCUT2D eigenvalue weighted by atomic mass is 32.2. The molecule has 1 aromatic heterocycles. The Kier molecular flexibility index (Phi) is 4.76. The van der Waals surface area contributed by atoms with Gasteiger partial charge in [-0.25, -0.2) is 13.1 Å². The number of nitrogens with two attached hydrogens (primary N) is 1. The second kappa shape index (κ2) is 6.38. The van der Waals surface area contributed by atoms with E-state index in [1.54, 1.807) is 31.4 Å². The van der Waals surface area contributed by atoms with Crippen molar-refractivity contribution in [3.8, 4) is 0 Å². The van der Waals surface area contributed by atoms with Gasteiger partial charge in [-0.3, -0.25) is 0 Å². The summed E-state index contributed by atoms with van der Waals surface area (Å²) in [6.45, 7) is 1.78. The Bertz CT molecular complexity index is 707. The highest BCUT2D eigenvalue weighted by Gasteiger charge is 2.18. The van der Waals surface area contributed by atoms with Crippen molar-refractivity contribution in [2.75, 3.05) is 0 Å². The standard InChI is InChI=1S/C14H16N2O3S2/c1-10(9-12-3-2-8-19-12)16-21(17,18)13-6-4-11(5-7-13)14(15)20/h2-8,10,16H,9H2,1H3,(H2,15,20). The fourth-order valence-electron chi connectivity index (χ4n) is 1.90. The van der Waals surface area contributed by atoms with Gasteiger partial charge in [0.05, 0.1) is 11.2 Å². The summed E-state index contributed by atoms with van der Waals surface area (Å²) in [7, 11) is -3.58. The van der Waals surface area contributed by atoms with Crippen LogP contribution in [0.5, 0.6) is 0 Å². The van der Waals surface area contributed by atoms with Gasteiger partial charge in [0.1, 0.15) is 10.7 Å². The first-order valence-electron chi connectivity index (χ1n) is 6.33. The molecule has 0 radical (unpaired) electrons. The van der Waals surface area contributed by atoms with Crippen molar-refractivity contribution in [1.82, 2.24) is 4.72 Å². The van der Waals surface area contributed by atoms with E-state index in [-0.39, 0.29) is 15.9 Å².